The zero-order chi connectivity index (χ0) is 13.0. The number of nitrogens with one attached hydrogen (secondary N) is 2. The van der Waals surface area contributed by atoms with E-state index < -0.39 is 0 Å². The monoisotopic (exact) mass is 248 g/mol. The van der Waals surface area contributed by atoms with Crippen LogP contribution < -0.4 is 10.6 Å². The van der Waals surface area contributed by atoms with Crippen molar-refractivity contribution in [2.24, 2.45) is 0 Å². The fourth-order valence-electron chi connectivity index (χ4n) is 2.35. The Morgan fingerprint density at radius 1 is 1.33 bits per heavy atom. The van der Waals surface area contributed by atoms with Gasteiger partial charge >= 0.3 is 6.03 Å². The van der Waals surface area contributed by atoms with E-state index in [1.165, 1.54) is 0 Å². The third kappa shape index (κ3) is 3.47. The highest BCUT2D eigenvalue weighted by Gasteiger charge is 2.21. The largest absolute Gasteiger partial charge is 0.393 e. The molecular weight excluding hydrogens is 228 g/mol. The van der Waals surface area contributed by atoms with E-state index in [2.05, 4.69) is 10.6 Å². The summed E-state index contributed by atoms with van der Waals surface area (Å²) >= 11 is 0. The van der Waals surface area contributed by atoms with Crippen LogP contribution in [0.4, 0.5) is 10.5 Å². The van der Waals surface area contributed by atoms with Crippen LogP contribution in [-0.4, -0.2) is 23.3 Å². The Morgan fingerprint density at radius 3 is 2.83 bits per heavy atom. The number of carbonyl (C=O) groups is 1. The van der Waals surface area contributed by atoms with Crippen molar-refractivity contribution >= 4 is 11.7 Å². The summed E-state index contributed by atoms with van der Waals surface area (Å²) in [7, 11) is 0. The first-order chi connectivity index (χ1) is 8.65. The van der Waals surface area contributed by atoms with Crippen molar-refractivity contribution in [3.05, 3.63) is 29.8 Å². The van der Waals surface area contributed by atoms with Gasteiger partial charge in [-0.25, -0.2) is 4.79 Å². The number of benzene rings is 1. The summed E-state index contributed by atoms with van der Waals surface area (Å²) in [5.74, 6) is 0. The van der Waals surface area contributed by atoms with Crippen LogP contribution in [0.3, 0.4) is 0 Å². The first-order valence-electron chi connectivity index (χ1n) is 6.46. The minimum atomic E-state index is -0.275. The number of aryl methyl sites for hydroxylation is 1. The van der Waals surface area contributed by atoms with Gasteiger partial charge in [-0.1, -0.05) is 18.2 Å². The number of hydrogen-bond acceptors (Lipinski definition) is 2. The van der Waals surface area contributed by atoms with Crippen molar-refractivity contribution in [3.63, 3.8) is 0 Å². The van der Waals surface area contributed by atoms with Crippen LogP contribution >= 0.6 is 0 Å². The van der Waals surface area contributed by atoms with Gasteiger partial charge in [0.2, 0.25) is 0 Å². The molecular formula is C14H20N2O2. The Balaban J connectivity index is 1.87. The standard InChI is InChI=1S/C14H20N2O2/c1-10-5-2-3-8-13(10)16-14(18)15-11-6-4-7-12(17)9-11/h2-3,5,8,11-12,17H,4,6-7,9H2,1H3,(H2,15,16,18)/t11-,12-/m0/s1. The lowest BCUT2D eigenvalue weighted by Gasteiger charge is -2.26. The van der Waals surface area contributed by atoms with E-state index in [9.17, 15) is 9.90 Å². The molecule has 0 radical (unpaired) electrons. The molecule has 1 aliphatic rings. The van der Waals surface area contributed by atoms with Crippen LogP contribution in [0.5, 0.6) is 0 Å². The van der Waals surface area contributed by atoms with Gasteiger partial charge in [-0.05, 0) is 44.2 Å². The molecule has 1 saturated carbocycles. The molecule has 1 fully saturated rings. The minimum absolute atomic E-state index is 0.0813. The molecule has 0 saturated heterocycles. The number of amides is 2. The molecule has 0 aromatic heterocycles. The normalized spacial score (nSPS) is 23.4. The van der Waals surface area contributed by atoms with Crippen LogP contribution in [0, 0.1) is 6.92 Å². The van der Waals surface area contributed by atoms with Crippen LogP contribution in [0.2, 0.25) is 0 Å². The molecule has 1 aliphatic carbocycles. The first kappa shape index (κ1) is 12.9. The van der Waals surface area contributed by atoms with Gasteiger partial charge in [-0.3, -0.25) is 0 Å². The van der Waals surface area contributed by atoms with Crippen LogP contribution in [0.25, 0.3) is 0 Å². The zero-order valence-electron chi connectivity index (χ0n) is 10.6. The van der Waals surface area contributed by atoms with E-state index in [1.807, 2.05) is 31.2 Å². The van der Waals surface area contributed by atoms with E-state index in [-0.39, 0.29) is 18.2 Å². The number of urea groups is 1. The van der Waals surface area contributed by atoms with E-state index in [1.54, 1.807) is 0 Å². The quantitative estimate of drug-likeness (QED) is 0.752. The molecule has 1 aromatic carbocycles. The van der Waals surface area contributed by atoms with Crippen molar-refractivity contribution in [1.29, 1.82) is 0 Å². The lowest BCUT2D eigenvalue weighted by Crippen LogP contribution is -2.41. The van der Waals surface area contributed by atoms with Gasteiger partial charge in [0.05, 0.1) is 6.10 Å². The second kappa shape index (κ2) is 5.87. The number of rotatable bonds is 2. The van der Waals surface area contributed by atoms with Crippen LogP contribution in [-0.2, 0) is 0 Å². The first-order valence-corrected chi connectivity index (χ1v) is 6.46. The summed E-state index contributed by atoms with van der Waals surface area (Å²) in [6.45, 7) is 1.96. The van der Waals surface area contributed by atoms with E-state index >= 15 is 0 Å². The predicted octanol–water partition coefficient (Wildman–Crippen LogP) is 2.42. The van der Waals surface area contributed by atoms with Gasteiger partial charge < -0.3 is 15.7 Å². The highest BCUT2D eigenvalue weighted by molar-refractivity contribution is 5.90. The van der Waals surface area contributed by atoms with Gasteiger partial charge in [0.15, 0.2) is 0 Å². The number of carbonyl (C=O) groups excluding carboxylic acids is 1. The number of aliphatic hydroxyl groups excluding tert-OH is 1. The van der Waals surface area contributed by atoms with Crippen molar-refractivity contribution in [2.45, 2.75) is 44.8 Å². The molecule has 18 heavy (non-hydrogen) atoms. The molecule has 2 rings (SSSR count). The fraction of sp³-hybridized carbons (Fsp3) is 0.500. The summed E-state index contributed by atoms with van der Waals surface area (Å²) in [5, 5.41) is 15.3. The molecule has 0 spiro atoms. The van der Waals surface area contributed by atoms with E-state index in [4.69, 9.17) is 0 Å². The zero-order valence-corrected chi connectivity index (χ0v) is 10.6. The maximum Gasteiger partial charge on any atom is 0.319 e. The molecule has 2 amide bonds. The molecule has 2 atom stereocenters. The van der Waals surface area contributed by atoms with Crippen molar-refractivity contribution in [3.8, 4) is 0 Å². The average molecular weight is 248 g/mol. The molecule has 0 heterocycles. The second-order valence-corrected chi connectivity index (χ2v) is 4.93. The number of anilines is 1. The molecule has 3 N–H and O–H groups in total. The summed E-state index contributed by atoms with van der Waals surface area (Å²) in [5.41, 5.74) is 1.86. The topological polar surface area (TPSA) is 61.4 Å². The summed E-state index contributed by atoms with van der Waals surface area (Å²) in [6.07, 6.45) is 3.13. The molecule has 4 heteroatoms. The Labute approximate surface area is 107 Å². The predicted molar refractivity (Wildman–Crippen MR) is 71.6 cm³/mol. The Hall–Kier alpha value is -1.55. The summed E-state index contributed by atoms with van der Waals surface area (Å²) in [6, 6.07) is 7.56. The Morgan fingerprint density at radius 2 is 2.11 bits per heavy atom. The van der Waals surface area contributed by atoms with E-state index in [0.717, 1.165) is 30.5 Å². The maximum absolute atomic E-state index is 11.8. The van der Waals surface area contributed by atoms with Gasteiger partial charge in [-0.15, -0.1) is 0 Å². The van der Waals surface area contributed by atoms with Crippen molar-refractivity contribution in [1.82, 2.24) is 5.32 Å². The van der Waals surface area contributed by atoms with E-state index in [0.29, 0.717) is 6.42 Å². The molecule has 4 nitrogen and oxygen atoms in total. The van der Waals surface area contributed by atoms with Gasteiger partial charge in [-0.2, -0.15) is 0 Å². The van der Waals surface area contributed by atoms with Gasteiger partial charge in [0.25, 0.3) is 0 Å². The van der Waals surface area contributed by atoms with Crippen LogP contribution in [0.15, 0.2) is 24.3 Å². The fourth-order valence-corrected chi connectivity index (χ4v) is 2.35. The molecule has 0 unspecified atom stereocenters. The van der Waals surface area contributed by atoms with Crippen molar-refractivity contribution < 1.29 is 9.90 Å². The minimum Gasteiger partial charge on any atom is -0.393 e. The average Bonchev–Trinajstić information content (AvgIpc) is 2.32. The highest BCUT2D eigenvalue weighted by atomic mass is 16.3. The lowest BCUT2D eigenvalue weighted by atomic mass is 9.93. The number of aliphatic hydroxyl groups is 1. The lowest BCUT2D eigenvalue weighted by molar-refractivity contribution is 0.114. The smallest absolute Gasteiger partial charge is 0.319 e. The summed E-state index contributed by atoms with van der Waals surface area (Å²) < 4.78 is 0. The molecule has 0 aliphatic heterocycles. The third-order valence-electron chi connectivity index (χ3n) is 3.38. The molecule has 1 aromatic rings. The number of hydrogen-bond donors (Lipinski definition) is 3. The Bertz CT molecular complexity index is 420. The Kier molecular flexibility index (Phi) is 4.20. The third-order valence-corrected chi connectivity index (χ3v) is 3.38. The SMILES string of the molecule is Cc1ccccc1NC(=O)N[C@H]1CCC[C@H](O)C1. The number of para-hydroxylation sites is 1. The van der Waals surface area contributed by atoms with Crippen molar-refractivity contribution in [2.75, 3.05) is 5.32 Å². The molecule has 98 valence electrons. The van der Waals surface area contributed by atoms with Gasteiger partial charge in [0.1, 0.15) is 0 Å². The van der Waals surface area contributed by atoms with Crippen LogP contribution in [0.1, 0.15) is 31.2 Å². The summed E-state index contributed by atoms with van der Waals surface area (Å²) in [4.78, 5) is 11.8. The molecule has 0 bridgehead atoms. The maximum atomic E-state index is 11.8. The second-order valence-electron chi connectivity index (χ2n) is 4.93. The van der Waals surface area contributed by atoms with Gasteiger partial charge in [0, 0.05) is 11.7 Å². The highest BCUT2D eigenvalue weighted by Crippen LogP contribution is 2.19.